The molecule has 2 aliphatic heterocycles. The summed E-state index contributed by atoms with van der Waals surface area (Å²) in [4.78, 5) is 18.9. The van der Waals surface area contributed by atoms with Crippen molar-refractivity contribution in [3.8, 4) is 0 Å². The van der Waals surface area contributed by atoms with E-state index >= 15 is 0 Å². The van der Waals surface area contributed by atoms with Gasteiger partial charge in [-0.25, -0.2) is 4.98 Å². The van der Waals surface area contributed by atoms with Gasteiger partial charge < -0.3 is 19.4 Å². The van der Waals surface area contributed by atoms with Gasteiger partial charge >= 0.3 is 0 Å². The maximum Gasteiger partial charge on any atom is 0.276 e. The van der Waals surface area contributed by atoms with Gasteiger partial charge in [0.1, 0.15) is 18.1 Å². The van der Waals surface area contributed by atoms with Crippen molar-refractivity contribution in [3.05, 3.63) is 29.2 Å². The molecule has 1 saturated heterocycles. The number of carbonyl (C=O) groups excluding carboxylic acids is 1. The van der Waals surface area contributed by atoms with Crippen LogP contribution in [0.1, 0.15) is 40.7 Å². The normalized spacial score (nSPS) is 20.2. The zero-order chi connectivity index (χ0) is 17.9. The first-order chi connectivity index (χ1) is 12.7. The van der Waals surface area contributed by atoms with Gasteiger partial charge in [0.25, 0.3) is 5.91 Å². The number of aromatic nitrogens is 4. The highest BCUT2D eigenvalue weighted by Crippen LogP contribution is 2.21. The summed E-state index contributed by atoms with van der Waals surface area (Å²) < 4.78 is 12.5. The molecule has 4 rings (SSSR count). The Bertz CT molecular complexity index is 764. The Balaban J connectivity index is 1.39. The van der Waals surface area contributed by atoms with E-state index in [1.54, 1.807) is 22.9 Å². The second-order valence-corrected chi connectivity index (χ2v) is 6.93. The number of ether oxygens (including phenoxy) is 1. The third-order valence-electron chi connectivity index (χ3n) is 4.93. The Morgan fingerprint density at radius 2 is 2.42 bits per heavy atom. The van der Waals surface area contributed by atoms with Gasteiger partial charge in [-0.1, -0.05) is 5.21 Å². The molecule has 26 heavy (non-hydrogen) atoms. The molecule has 0 aliphatic carbocycles. The molecule has 0 aromatic carbocycles. The lowest BCUT2D eigenvalue weighted by atomic mass is 10.00. The summed E-state index contributed by atoms with van der Waals surface area (Å²) in [6.45, 7) is 4.23. The first-order valence-electron chi connectivity index (χ1n) is 9.09. The van der Waals surface area contributed by atoms with Gasteiger partial charge in [-0.3, -0.25) is 9.48 Å². The second kappa shape index (κ2) is 7.55. The third kappa shape index (κ3) is 3.63. The van der Waals surface area contributed by atoms with Gasteiger partial charge in [-0.05, 0) is 31.8 Å². The molecular weight excluding hydrogens is 336 g/mol. The van der Waals surface area contributed by atoms with E-state index in [2.05, 4.69) is 20.6 Å². The Kier molecular flexibility index (Phi) is 4.98. The number of amides is 1. The molecule has 1 fully saturated rings. The lowest BCUT2D eigenvalue weighted by molar-refractivity contribution is 0.0721. The number of fused-ring (bicyclic) bond motifs is 1. The highest BCUT2D eigenvalue weighted by molar-refractivity contribution is 5.92. The van der Waals surface area contributed by atoms with Crippen molar-refractivity contribution in [1.82, 2.24) is 30.2 Å². The molecule has 0 bridgehead atoms. The first kappa shape index (κ1) is 17.2. The SMILES string of the molecule is COCc1nc2c(o1)CCN(C(=O)c1cn(CC3CCCNC3)nn1)C2. The molecule has 9 heteroatoms. The Morgan fingerprint density at radius 1 is 1.50 bits per heavy atom. The number of hydrogen-bond donors (Lipinski definition) is 1. The molecule has 4 heterocycles. The van der Waals surface area contributed by atoms with Crippen molar-refractivity contribution in [2.45, 2.75) is 39.0 Å². The van der Waals surface area contributed by atoms with Crippen LogP contribution in [0.15, 0.2) is 10.6 Å². The van der Waals surface area contributed by atoms with Crippen molar-refractivity contribution >= 4 is 5.91 Å². The van der Waals surface area contributed by atoms with E-state index in [1.807, 2.05) is 0 Å². The first-order valence-corrected chi connectivity index (χ1v) is 9.09. The molecule has 2 aromatic heterocycles. The quantitative estimate of drug-likeness (QED) is 0.834. The van der Waals surface area contributed by atoms with Crippen LogP contribution < -0.4 is 5.32 Å². The van der Waals surface area contributed by atoms with Gasteiger partial charge in [0.2, 0.25) is 5.89 Å². The maximum absolute atomic E-state index is 12.8. The second-order valence-electron chi connectivity index (χ2n) is 6.93. The van der Waals surface area contributed by atoms with E-state index in [4.69, 9.17) is 9.15 Å². The van der Waals surface area contributed by atoms with Gasteiger partial charge in [0.05, 0.1) is 12.7 Å². The number of nitrogens with zero attached hydrogens (tertiary/aromatic N) is 5. The molecule has 140 valence electrons. The Hall–Kier alpha value is -2.26. The lowest BCUT2D eigenvalue weighted by Crippen LogP contribution is -2.36. The number of rotatable bonds is 5. The molecule has 0 radical (unpaired) electrons. The summed E-state index contributed by atoms with van der Waals surface area (Å²) >= 11 is 0. The van der Waals surface area contributed by atoms with Crippen LogP contribution >= 0.6 is 0 Å². The predicted octanol–water partition coefficient (Wildman–Crippen LogP) is 0.611. The van der Waals surface area contributed by atoms with Crippen LogP contribution in [0, 0.1) is 5.92 Å². The minimum Gasteiger partial charge on any atom is -0.443 e. The minimum atomic E-state index is -0.111. The van der Waals surface area contributed by atoms with Crippen LogP contribution in [0.3, 0.4) is 0 Å². The third-order valence-corrected chi connectivity index (χ3v) is 4.93. The Morgan fingerprint density at radius 3 is 3.23 bits per heavy atom. The van der Waals surface area contributed by atoms with Crippen molar-refractivity contribution in [2.24, 2.45) is 5.92 Å². The molecule has 1 unspecified atom stereocenters. The zero-order valence-corrected chi connectivity index (χ0v) is 15.0. The molecule has 0 spiro atoms. The van der Waals surface area contributed by atoms with Crippen LogP contribution in [-0.2, 0) is 30.9 Å². The molecule has 1 N–H and O–H groups in total. The van der Waals surface area contributed by atoms with Gasteiger partial charge in [-0.15, -0.1) is 5.10 Å². The average Bonchev–Trinajstić information content (AvgIpc) is 3.28. The lowest BCUT2D eigenvalue weighted by Gasteiger charge is -2.24. The van der Waals surface area contributed by atoms with Crippen LogP contribution in [0.25, 0.3) is 0 Å². The van der Waals surface area contributed by atoms with Crippen LogP contribution in [0.5, 0.6) is 0 Å². The molecule has 2 aromatic rings. The van der Waals surface area contributed by atoms with Crippen molar-refractivity contribution in [2.75, 3.05) is 26.7 Å². The van der Waals surface area contributed by atoms with Crippen molar-refractivity contribution < 1.29 is 13.9 Å². The highest BCUT2D eigenvalue weighted by Gasteiger charge is 2.27. The van der Waals surface area contributed by atoms with Crippen LogP contribution in [0.4, 0.5) is 0 Å². The summed E-state index contributed by atoms with van der Waals surface area (Å²) in [5.41, 5.74) is 1.19. The molecule has 0 saturated carbocycles. The molecule has 1 amide bonds. The molecule has 2 aliphatic rings. The van der Waals surface area contributed by atoms with Crippen molar-refractivity contribution in [1.29, 1.82) is 0 Å². The van der Waals surface area contributed by atoms with E-state index in [0.717, 1.165) is 31.1 Å². The Labute approximate surface area is 151 Å². The predicted molar refractivity (Wildman–Crippen MR) is 91.3 cm³/mol. The molecule has 9 nitrogen and oxygen atoms in total. The van der Waals surface area contributed by atoms with E-state index in [-0.39, 0.29) is 5.91 Å². The number of nitrogens with one attached hydrogen (secondary N) is 1. The van der Waals surface area contributed by atoms with Gasteiger partial charge in [0.15, 0.2) is 5.69 Å². The number of oxazole rings is 1. The summed E-state index contributed by atoms with van der Waals surface area (Å²) in [6, 6.07) is 0. The molecule has 1 atom stereocenters. The number of hydrogen-bond acceptors (Lipinski definition) is 7. The monoisotopic (exact) mass is 360 g/mol. The fourth-order valence-corrected chi connectivity index (χ4v) is 3.60. The van der Waals surface area contributed by atoms with Gasteiger partial charge in [0, 0.05) is 26.6 Å². The largest absolute Gasteiger partial charge is 0.443 e. The standard InChI is InChI=1S/C17H24N6O3/c1-25-11-16-19-13-9-22(6-4-15(13)26-16)17(24)14-10-23(21-20-14)8-12-3-2-5-18-7-12/h10,12,18H,2-9,11H2,1H3. The van der Waals surface area contributed by atoms with Crippen LogP contribution in [-0.4, -0.2) is 57.5 Å². The summed E-state index contributed by atoms with van der Waals surface area (Å²) in [7, 11) is 1.60. The number of methoxy groups -OCH3 is 1. The fourth-order valence-electron chi connectivity index (χ4n) is 3.60. The van der Waals surface area contributed by atoms with E-state index < -0.39 is 0 Å². The maximum atomic E-state index is 12.8. The smallest absolute Gasteiger partial charge is 0.276 e. The summed E-state index contributed by atoms with van der Waals surface area (Å²) in [6.07, 6.45) is 4.77. The topological polar surface area (TPSA) is 98.3 Å². The summed E-state index contributed by atoms with van der Waals surface area (Å²) in [5.74, 6) is 1.83. The zero-order valence-electron chi connectivity index (χ0n) is 15.0. The van der Waals surface area contributed by atoms with E-state index in [0.29, 0.717) is 43.6 Å². The summed E-state index contributed by atoms with van der Waals surface area (Å²) in [5, 5.41) is 11.6. The highest BCUT2D eigenvalue weighted by atomic mass is 16.5. The van der Waals surface area contributed by atoms with Gasteiger partial charge in [-0.2, -0.15) is 0 Å². The van der Waals surface area contributed by atoms with E-state index in [9.17, 15) is 4.79 Å². The fraction of sp³-hybridized carbons (Fsp3) is 0.647. The molecular formula is C17H24N6O3. The number of carbonyl (C=O) groups is 1. The minimum absolute atomic E-state index is 0.111. The van der Waals surface area contributed by atoms with Crippen LogP contribution in [0.2, 0.25) is 0 Å². The van der Waals surface area contributed by atoms with E-state index in [1.165, 1.54) is 12.8 Å². The number of piperidine rings is 1. The average molecular weight is 360 g/mol. The van der Waals surface area contributed by atoms with Crippen molar-refractivity contribution in [3.63, 3.8) is 0 Å².